The average Bonchev–Trinajstić information content (AvgIpc) is 2.81. The third-order valence-corrected chi connectivity index (χ3v) is 3.96. The summed E-state index contributed by atoms with van der Waals surface area (Å²) in [6.07, 6.45) is 7.08. The minimum Gasteiger partial charge on any atom is -0.385 e. The standard InChI is InChI=1S/C15H22N4/c1-19-11-18-14-10-13(5-6-15(14)19)17-9-7-12-4-2-3-8-16-12/h5-6,10-12,16-17H,2-4,7-9H2,1H3. The Morgan fingerprint density at radius 1 is 1.42 bits per heavy atom. The van der Waals surface area contributed by atoms with E-state index < -0.39 is 0 Å². The normalized spacial score (nSPS) is 19.7. The Morgan fingerprint density at radius 3 is 3.21 bits per heavy atom. The van der Waals surface area contributed by atoms with Gasteiger partial charge in [0, 0.05) is 25.3 Å². The first-order chi connectivity index (χ1) is 9.33. The predicted molar refractivity (Wildman–Crippen MR) is 79.5 cm³/mol. The molecule has 0 aliphatic carbocycles. The zero-order chi connectivity index (χ0) is 13.1. The monoisotopic (exact) mass is 258 g/mol. The first-order valence-corrected chi connectivity index (χ1v) is 7.21. The maximum Gasteiger partial charge on any atom is 0.0955 e. The number of nitrogens with one attached hydrogen (secondary N) is 2. The number of nitrogens with zero attached hydrogens (tertiary/aromatic N) is 2. The van der Waals surface area contributed by atoms with Crippen molar-refractivity contribution in [2.45, 2.75) is 31.7 Å². The molecule has 1 aromatic carbocycles. The summed E-state index contributed by atoms with van der Waals surface area (Å²) in [5.41, 5.74) is 3.41. The molecule has 102 valence electrons. The van der Waals surface area contributed by atoms with Crippen molar-refractivity contribution in [1.82, 2.24) is 14.9 Å². The summed E-state index contributed by atoms with van der Waals surface area (Å²) in [5, 5.41) is 7.09. The molecule has 2 N–H and O–H groups in total. The van der Waals surface area contributed by atoms with Crippen molar-refractivity contribution in [2.24, 2.45) is 7.05 Å². The number of benzene rings is 1. The fourth-order valence-electron chi connectivity index (χ4n) is 2.81. The highest BCUT2D eigenvalue weighted by Crippen LogP contribution is 2.17. The maximum absolute atomic E-state index is 4.39. The lowest BCUT2D eigenvalue weighted by atomic mass is 10.0. The number of aryl methyl sites for hydroxylation is 1. The summed E-state index contributed by atoms with van der Waals surface area (Å²) in [6.45, 7) is 2.21. The van der Waals surface area contributed by atoms with Crippen LogP contribution >= 0.6 is 0 Å². The fourth-order valence-corrected chi connectivity index (χ4v) is 2.81. The predicted octanol–water partition coefficient (Wildman–Crippen LogP) is 2.52. The van der Waals surface area contributed by atoms with Crippen LogP contribution in [-0.4, -0.2) is 28.7 Å². The van der Waals surface area contributed by atoms with E-state index in [1.54, 1.807) is 0 Å². The van der Waals surface area contributed by atoms with Crippen LogP contribution in [0.2, 0.25) is 0 Å². The number of imidazole rings is 1. The summed E-state index contributed by atoms with van der Waals surface area (Å²) in [4.78, 5) is 4.39. The van der Waals surface area contributed by atoms with E-state index in [1.807, 2.05) is 17.9 Å². The Morgan fingerprint density at radius 2 is 2.37 bits per heavy atom. The van der Waals surface area contributed by atoms with Gasteiger partial charge in [0.15, 0.2) is 0 Å². The van der Waals surface area contributed by atoms with Gasteiger partial charge in [0.2, 0.25) is 0 Å². The lowest BCUT2D eigenvalue weighted by molar-refractivity contribution is 0.389. The van der Waals surface area contributed by atoms with Crippen LogP contribution in [0.15, 0.2) is 24.5 Å². The minimum atomic E-state index is 0.694. The molecular formula is C15H22N4. The van der Waals surface area contributed by atoms with Crippen molar-refractivity contribution in [3.63, 3.8) is 0 Å². The van der Waals surface area contributed by atoms with E-state index in [0.717, 1.165) is 12.1 Å². The number of piperidine rings is 1. The molecule has 2 aromatic rings. The summed E-state index contributed by atoms with van der Waals surface area (Å²) >= 11 is 0. The number of anilines is 1. The van der Waals surface area contributed by atoms with Crippen LogP contribution in [-0.2, 0) is 7.05 Å². The molecule has 1 aliphatic heterocycles. The SMILES string of the molecule is Cn1cnc2cc(NCCC3CCCCN3)ccc21. The molecule has 0 bridgehead atoms. The number of rotatable bonds is 4. The molecule has 1 unspecified atom stereocenters. The Balaban J connectivity index is 1.56. The van der Waals surface area contributed by atoms with E-state index in [9.17, 15) is 0 Å². The van der Waals surface area contributed by atoms with Crippen LogP contribution in [0.3, 0.4) is 0 Å². The van der Waals surface area contributed by atoms with Gasteiger partial charge in [-0.2, -0.15) is 0 Å². The number of hydrogen-bond donors (Lipinski definition) is 2. The first kappa shape index (κ1) is 12.5. The van der Waals surface area contributed by atoms with E-state index in [-0.39, 0.29) is 0 Å². The van der Waals surface area contributed by atoms with Crippen LogP contribution < -0.4 is 10.6 Å². The van der Waals surface area contributed by atoms with Gasteiger partial charge in [0.05, 0.1) is 17.4 Å². The van der Waals surface area contributed by atoms with Gasteiger partial charge in [-0.15, -0.1) is 0 Å². The van der Waals surface area contributed by atoms with Crippen LogP contribution in [0, 0.1) is 0 Å². The summed E-state index contributed by atoms with van der Waals surface area (Å²) < 4.78 is 2.05. The molecule has 0 amide bonds. The molecule has 0 radical (unpaired) electrons. The van der Waals surface area contributed by atoms with Crippen LogP contribution in [0.5, 0.6) is 0 Å². The van der Waals surface area contributed by atoms with Gasteiger partial charge in [-0.1, -0.05) is 6.42 Å². The molecule has 1 saturated heterocycles. The van der Waals surface area contributed by atoms with E-state index in [4.69, 9.17) is 0 Å². The van der Waals surface area contributed by atoms with Crippen molar-refractivity contribution >= 4 is 16.7 Å². The largest absolute Gasteiger partial charge is 0.385 e. The molecule has 1 atom stereocenters. The zero-order valence-corrected chi connectivity index (χ0v) is 11.5. The molecule has 2 heterocycles. The molecular weight excluding hydrogens is 236 g/mol. The Kier molecular flexibility index (Phi) is 3.69. The topological polar surface area (TPSA) is 41.9 Å². The molecule has 0 saturated carbocycles. The second kappa shape index (κ2) is 5.61. The lowest BCUT2D eigenvalue weighted by Crippen LogP contribution is -2.35. The molecule has 19 heavy (non-hydrogen) atoms. The maximum atomic E-state index is 4.39. The molecule has 0 spiro atoms. The summed E-state index contributed by atoms with van der Waals surface area (Å²) in [6, 6.07) is 7.09. The van der Waals surface area contributed by atoms with Crippen molar-refractivity contribution in [2.75, 3.05) is 18.4 Å². The third-order valence-electron chi connectivity index (χ3n) is 3.96. The van der Waals surface area contributed by atoms with Crippen molar-refractivity contribution in [3.05, 3.63) is 24.5 Å². The van der Waals surface area contributed by atoms with Crippen molar-refractivity contribution < 1.29 is 0 Å². The summed E-state index contributed by atoms with van der Waals surface area (Å²) in [5.74, 6) is 0. The van der Waals surface area contributed by atoms with E-state index in [2.05, 4.69) is 33.8 Å². The van der Waals surface area contributed by atoms with Gasteiger partial charge >= 0.3 is 0 Å². The highest BCUT2D eigenvalue weighted by Gasteiger charge is 2.11. The van der Waals surface area contributed by atoms with Gasteiger partial charge in [-0.05, 0) is 44.0 Å². The van der Waals surface area contributed by atoms with Crippen LogP contribution in [0.25, 0.3) is 11.0 Å². The molecule has 1 aliphatic rings. The Bertz CT molecular complexity index is 540. The zero-order valence-electron chi connectivity index (χ0n) is 11.5. The number of fused-ring (bicyclic) bond motifs is 1. The number of hydrogen-bond acceptors (Lipinski definition) is 3. The van der Waals surface area contributed by atoms with Gasteiger partial charge in [0.1, 0.15) is 0 Å². The molecule has 1 aromatic heterocycles. The first-order valence-electron chi connectivity index (χ1n) is 7.21. The molecule has 4 heteroatoms. The second-order valence-electron chi connectivity index (χ2n) is 5.42. The highest BCUT2D eigenvalue weighted by atomic mass is 15.0. The van der Waals surface area contributed by atoms with Gasteiger partial charge in [0.25, 0.3) is 0 Å². The number of aromatic nitrogens is 2. The van der Waals surface area contributed by atoms with Crippen molar-refractivity contribution in [1.29, 1.82) is 0 Å². The molecule has 1 fully saturated rings. The molecule has 4 nitrogen and oxygen atoms in total. The van der Waals surface area contributed by atoms with Crippen LogP contribution in [0.4, 0.5) is 5.69 Å². The third kappa shape index (κ3) is 2.89. The van der Waals surface area contributed by atoms with Gasteiger partial charge < -0.3 is 15.2 Å². The Labute approximate surface area is 114 Å². The van der Waals surface area contributed by atoms with Crippen molar-refractivity contribution in [3.8, 4) is 0 Å². The van der Waals surface area contributed by atoms with E-state index >= 15 is 0 Å². The minimum absolute atomic E-state index is 0.694. The smallest absolute Gasteiger partial charge is 0.0955 e. The van der Waals surface area contributed by atoms with Crippen LogP contribution in [0.1, 0.15) is 25.7 Å². The summed E-state index contributed by atoms with van der Waals surface area (Å²) in [7, 11) is 2.02. The quantitative estimate of drug-likeness (QED) is 0.885. The highest BCUT2D eigenvalue weighted by molar-refractivity contribution is 5.79. The van der Waals surface area contributed by atoms with Gasteiger partial charge in [-0.25, -0.2) is 4.98 Å². The van der Waals surface area contributed by atoms with E-state index in [1.165, 1.54) is 43.4 Å². The average molecular weight is 258 g/mol. The van der Waals surface area contributed by atoms with Gasteiger partial charge in [-0.3, -0.25) is 0 Å². The Hall–Kier alpha value is -1.55. The fraction of sp³-hybridized carbons (Fsp3) is 0.533. The second-order valence-corrected chi connectivity index (χ2v) is 5.42. The van der Waals surface area contributed by atoms with E-state index in [0.29, 0.717) is 6.04 Å². The lowest BCUT2D eigenvalue weighted by Gasteiger charge is -2.23. The molecule has 3 rings (SSSR count).